The SMILES string of the molecule is COC(=O)c1ccc(C(=O)NCC(C)c2ccccc2)s1. The van der Waals surface area contributed by atoms with E-state index < -0.39 is 5.97 Å². The van der Waals surface area contributed by atoms with Crippen LogP contribution < -0.4 is 5.32 Å². The third kappa shape index (κ3) is 3.92. The summed E-state index contributed by atoms with van der Waals surface area (Å²) in [7, 11) is 1.32. The van der Waals surface area contributed by atoms with E-state index in [1.165, 1.54) is 12.7 Å². The van der Waals surface area contributed by atoms with Gasteiger partial charge < -0.3 is 10.1 Å². The van der Waals surface area contributed by atoms with Crippen LogP contribution in [-0.2, 0) is 4.74 Å². The van der Waals surface area contributed by atoms with Crippen LogP contribution in [0.5, 0.6) is 0 Å². The number of esters is 1. The van der Waals surface area contributed by atoms with Gasteiger partial charge in [0.2, 0.25) is 0 Å². The Bertz CT molecular complexity index is 621. The molecule has 0 aliphatic heterocycles. The van der Waals surface area contributed by atoms with Gasteiger partial charge in [0.05, 0.1) is 12.0 Å². The number of amides is 1. The van der Waals surface area contributed by atoms with Crippen LogP contribution in [0, 0.1) is 0 Å². The van der Waals surface area contributed by atoms with Crippen LogP contribution in [0.4, 0.5) is 0 Å². The summed E-state index contributed by atoms with van der Waals surface area (Å²) in [4.78, 5) is 24.3. The summed E-state index contributed by atoms with van der Waals surface area (Å²) in [6.45, 7) is 2.61. The Morgan fingerprint density at radius 2 is 1.81 bits per heavy atom. The van der Waals surface area contributed by atoms with E-state index in [4.69, 9.17) is 0 Å². The minimum absolute atomic E-state index is 0.169. The van der Waals surface area contributed by atoms with E-state index in [0.717, 1.165) is 11.3 Å². The summed E-state index contributed by atoms with van der Waals surface area (Å²) in [6.07, 6.45) is 0. The Balaban J connectivity index is 1.93. The van der Waals surface area contributed by atoms with Gasteiger partial charge in [-0.15, -0.1) is 11.3 Å². The first-order valence-electron chi connectivity index (χ1n) is 6.63. The fraction of sp³-hybridized carbons (Fsp3) is 0.250. The molecule has 1 unspecified atom stereocenters. The molecule has 0 aliphatic rings. The molecule has 1 N–H and O–H groups in total. The van der Waals surface area contributed by atoms with Crippen molar-refractivity contribution in [1.29, 1.82) is 0 Å². The molecule has 1 heterocycles. The highest BCUT2D eigenvalue weighted by Gasteiger charge is 2.14. The Labute approximate surface area is 127 Å². The molecule has 0 aliphatic carbocycles. The Morgan fingerprint density at radius 3 is 2.48 bits per heavy atom. The van der Waals surface area contributed by atoms with Crippen molar-refractivity contribution in [2.24, 2.45) is 0 Å². The number of carbonyl (C=O) groups excluding carboxylic acids is 2. The van der Waals surface area contributed by atoms with E-state index >= 15 is 0 Å². The van der Waals surface area contributed by atoms with Crippen LogP contribution in [0.1, 0.15) is 37.7 Å². The first-order valence-corrected chi connectivity index (χ1v) is 7.44. The average molecular weight is 303 g/mol. The van der Waals surface area contributed by atoms with Crippen LogP contribution in [-0.4, -0.2) is 25.5 Å². The van der Waals surface area contributed by atoms with Crippen molar-refractivity contribution >= 4 is 23.2 Å². The highest BCUT2D eigenvalue weighted by Crippen LogP contribution is 2.18. The lowest BCUT2D eigenvalue weighted by Crippen LogP contribution is -2.26. The van der Waals surface area contributed by atoms with Gasteiger partial charge in [-0.25, -0.2) is 4.79 Å². The number of hydrogen-bond donors (Lipinski definition) is 1. The van der Waals surface area contributed by atoms with Gasteiger partial charge >= 0.3 is 5.97 Å². The molecule has 5 heteroatoms. The second-order valence-corrected chi connectivity index (χ2v) is 5.76. The largest absolute Gasteiger partial charge is 0.465 e. The smallest absolute Gasteiger partial charge is 0.348 e. The fourth-order valence-corrected chi connectivity index (χ4v) is 2.74. The highest BCUT2D eigenvalue weighted by molar-refractivity contribution is 7.15. The topological polar surface area (TPSA) is 55.4 Å². The minimum Gasteiger partial charge on any atom is -0.465 e. The Kier molecular flexibility index (Phi) is 5.11. The van der Waals surface area contributed by atoms with Crippen molar-refractivity contribution < 1.29 is 14.3 Å². The van der Waals surface area contributed by atoms with Crippen LogP contribution in [0.2, 0.25) is 0 Å². The molecule has 4 nitrogen and oxygen atoms in total. The summed E-state index contributed by atoms with van der Waals surface area (Å²) in [5.74, 6) is -0.357. The molecule has 0 fully saturated rings. The summed E-state index contributed by atoms with van der Waals surface area (Å²) >= 11 is 1.13. The molecule has 0 saturated carbocycles. The zero-order chi connectivity index (χ0) is 15.2. The monoisotopic (exact) mass is 303 g/mol. The zero-order valence-electron chi connectivity index (χ0n) is 12.0. The van der Waals surface area contributed by atoms with Crippen molar-refractivity contribution in [3.05, 3.63) is 57.8 Å². The summed E-state index contributed by atoms with van der Waals surface area (Å²) < 4.78 is 4.63. The second kappa shape index (κ2) is 7.04. The number of carbonyl (C=O) groups is 2. The maximum absolute atomic E-state index is 12.1. The molecule has 110 valence electrons. The van der Waals surface area contributed by atoms with Gasteiger partial charge in [-0.2, -0.15) is 0 Å². The van der Waals surface area contributed by atoms with Crippen LogP contribution >= 0.6 is 11.3 Å². The van der Waals surface area contributed by atoms with Crippen LogP contribution in [0.25, 0.3) is 0 Å². The molecular weight excluding hydrogens is 286 g/mol. The maximum Gasteiger partial charge on any atom is 0.348 e. The lowest BCUT2D eigenvalue weighted by atomic mass is 10.0. The van der Waals surface area contributed by atoms with E-state index in [-0.39, 0.29) is 11.8 Å². The van der Waals surface area contributed by atoms with Crippen LogP contribution in [0.15, 0.2) is 42.5 Å². The Hall–Kier alpha value is -2.14. The molecule has 2 aromatic rings. The fourth-order valence-electron chi connectivity index (χ4n) is 1.90. The number of thiophene rings is 1. The number of hydrogen-bond acceptors (Lipinski definition) is 4. The third-order valence-electron chi connectivity index (χ3n) is 3.15. The molecule has 0 bridgehead atoms. The van der Waals surface area contributed by atoms with E-state index in [1.54, 1.807) is 12.1 Å². The molecule has 1 atom stereocenters. The van der Waals surface area contributed by atoms with Gasteiger partial charge in [-0.1, -0.05) is 37.3 Å². The van der Waals surface area contributed by atoms with Crippen molar-refractivity contribution in [2.75, 3.05) is 13.7 Å². The standard InChI is InChI=1S/C16H17NO3S/c1-11(12-6-4-3-5-7-12)10-17-15(18)13-8-9-14(21-13)16(19)20-2/h3-9,11H,10H2,1-2H3,(H,17,18). The maximum atomic E-state index is 12.1. The van der Waals surface area contributed by atoms with Crippen molar-refractivity contribution in [3.63, 3.8) is 0 Å². The van der Waals surface area contributed by atoms with E-state index in [9.17, 15) is 9.59 Å². The normalized spacial score (nSPS) is 11.7. The predicted octanol–water partition coefficient (Wildman–Crippen LogP) is 3.07. The van der Waals surface area contributed by atoms with E-state index in [2.05, 4.69) is 17.0 Å². The number of nitrogens with one attached hydrogen (secondary N) is 1. The summed E-state index contributed by atoms with van der Waals surface area (Å²) in [6, 6.07) is 13.3. The van der Waals surface area contributed by atoms with Gasteiger partial charge in [-0.3, -0.25) is 4.79 Å². The lowest BCUT2D eigenvalue weighted by molar-refractivity contribution is 0.0606. The first kappa shape index (κ1) is 15.3. The minimum atomic E-state index is -0.420. The number of ether oxygens (including phenoxy) is 1. The van der Waals surface area contributed by atoms with Crippen molar-refractivity contribution in [1.82, 2.24) is 5.32 Å². The quantitative estimate of drug-likeness (QED) is 0.864. The molecule has 2 rings (SSSR count). The van der Waals surface area contributed by atoms with E-state index in [1.807, 2.05) is 30.3 Å². The number of benzene rings is 1. The molecular formula is C16H17NO3S. The molecule has 1 aromatic heterocycles. The molecule has 0 spiro atoms. The molecule has 1 amide bonds. The van der Waals surface area contributed by atoms with E-state index in [0.29, 0.717) is 16.3 Å². The van der Waals surface area contributed by atoms with Crippen molar-refractivity contribution in [2.45, 2.75) is 12.8 Å². The molecule has 0 radical (unpaired) electrons. The lowest BCUT2D eigenvalue weighted by Gasteiger charge is -2.12. The van der Waals surface area contributed by atoms with Gasteiger partial charge in [0.25, 0.3) is 5.91 Å². The number of rotatable bonds is 5. The van der Waals surface area contributed by atoms with Gasteiger partial charge in [0.1, 0.15) is 4.88 Å². The van der Waals surface area contributed by atoms with Gasteiger partial charge in [0, 0.05) is 6.54 Å². The third-order valence-corrected chi connectivity index (χ3v) is 4.22. The first-order chi connectivity index (χ1) is 10.1. The zero-order valence-corrected chi connectivity index (χ0v) is 12.8. The average Bonchev–Trinajstić information content (AvgIpc) is 3.02. The van der Waals surface area contributed by atoms with Crippen LogP contribution in [0.3, 0.4) is 0 Å². The van der Waals surface area contributed by atoms with Gasteiger partial charge in [-0.05, 0) is 23.6 Å². The summed E-state index contributed by atoms with van der Waals surface area (Å²) in [5.41, 5.74) is 1.18. The Morgan fingerprint density at radius 1 is 1.14 bits per heavy atom. The predicted molar refractivity (Wildman–Crippen MR) is 82.8 cm³/mol. The molecule has 0 saturated heterocycles. The molecule has 1 aromatic carbocycles. The number of methoxy groups -OCH3 is 1. The highest BCUT2D eigenvalue weighted by atomic mass is 32.1. The second-order valence-electron chi connectivity index (χ2n) is 4.68. The summed E-state index contributed by atoms with van der Waals surface area (Å²) in [5, 5.41) is 2.89. The van der Waals surface area contributed by atoms with Gasteiger partial charge in [0.15, 0.2) is 0 Å². The van der Waals surface area contributed by atoms with Crippen molar-refractivity contribution in [3.8, 4) is 0 Å². The molecule has 21 heavy (non-hydrogen) atoms.